The molecule has 0 atom stereocenters. The minimum atomic E-state index is -0.681. The molecule has 56 valence electrons. The van der Waals surface area contributed by atoms with Gasteiger partial charge in [0.05, 0.1) is 13.2 Å². The van der Waals surface area contributed by atoms with E-state index in [1.807, 2.05) is 0 Å². The van der Waals surface area contributed by atoms with Crippen molar-refractivity contribution in [1.29, 1.82) is 5.41 Å². The largest absolute Gasteiger partial charge is 0.462 e. The quantitative estimate of drug-likeness (QED) is 0.324. The topological polar surface area (TPSA) is 70.4 Å². The van der Waals surface area contributed by atoms with E-state index >= 15 is 0 Å². The predicted octanol–water partition coefficient (Wildman–Crippen LogP) is -0.283. The van der Waals surface area contributed by atoms with Gasteiger partial charge in [-0.25, -0.2) is 4.79 Å². The summed E-state index contributed by atoms with van der Waals surface area (Å²) in [7, 11) is 0. The van der Waals surface area contributed by atoms with E-state index in [0.717, 1.165) is 0 Å². The van der Waals surface area contributed by atoms with Crippen molar-refractivity contribution >= 4 is 11.8 Å². The number of aliphatic hydroxyl groups excluding tert-OH is 1. The van der Waals surface area contributed by atoms with Crippen molar-refractivity contribution in [1.82, 2.24) is 0 Å². The fourth-order valence-corrected chi connectivity index (χ4v) is 0.373. The zero-order valence-electron chi connectivity index (χ0n) is 5.68. The third-order valence-electron chi connectivity index (χ3n) is 0.831. The molecule has 0 radical (unpaired) electrons. The molecular weight excluding hydrogens is 134 g/mol. The first-order chi connectivity index (χ1) is 4.76. The van der Waals surface area contributed by atoms with Crippen LogP contribution in [0.15, 0.2) is 5.57 Å². The van der Waals surface area contributed by atoms with Crippen molar-refractivity contribution in [2.45, 2.75) is 6.92 Å². The molecule has 10 heavy (non-hydrogen) atoms. The van der Waals surface area contributed by atoms with Crippen LogP contribution in [0.3, 0.4) is 0 Å². The van der Waals surface area contributed by atoms with Gasteiger partial charge in [0, 0.05) is 0 Å². The number of esters is 1. The highest BCUT2D eigenvalue weighted by Gasteiger charge is 2.07. The summed E-state index contributed by atoms with van der Waals surface area (Å²) in [5.74, 6) is 1.10. The molecule has 0 aromatic heterocycles. The Hall–Kier alpha value is -1.12. The van der Waals surface area contributed by atoms with Crippen LogP contribution in [0.4, 0.5) is 0 Å². The van der Waals surface area contributed by atoms with Crippen molar-refractivity contribution in [3.8, 4) is 0 Å². The van der Waals surface area contributed by atoms with Crippen molar-refractivity contribution in [3.63, 3.8) is 0 Å². The molecule has 0 saturated heterocycles. The second-order valence-corrected chi connectivity index (χ2v) is 1.48. The van der Waals surface area contributed by atoms with Gasteiger partial charge in [-0.15, -0.1) is 0 Å². The van der Waals surface area contributed by atoms with E-state index in [1.165, 1.54) is 0 Å². The molecule has 0 heterocycles. The lowest BCUT2D eigenvalue weighted by atomic mass is 10.3. The number of carbonyl (C=O) groups excluding carboxylic acids is 1. The molecule has 0 amide bonds. The number of rotatable bonds is 3. The Bertz CT molecular complexity index is 170. The predicted molar refractivity (Wildman–Crippen MR) is 35.0 cm³/mol. The van der Waals surface area contributed by atoms with Gasteiger partial charge in [0.15, 0.2) is 0 Å². The molecule has 2 N–H and O–H groups in total. The lowest BCUT2D eigenvalue weighted by Crippen LogP contribution is -2.10. The minimum Gasteiger partial charge on any atom is -0.462 e. The van der Waals surface area contributed by atoms with Crippen LogP contribution in [-0.4, -0.2) is 30.2 Å². The number of nitrogens with one attached hydrogen (secondary N) is 1. The molecular formula is C6H9NO3. The lowest BCUT2D eigenvalue weighted by molar-refractivity contribution is -0.138. The molecule has 0 fully saturated rings. The smallest absolute Gasteiger partial charge is 0.345 e. The maximum Gasteiger partial charge on any atom is 0.345 e. The second kappa shape index (κ2) is 4.73. The standard InChI is InChI=1S/C6H9NO3/c1-2-10-6(9)5(3-7)4-8/h7-8H,2,4H2,1H3. The third-order valence-corrected chi connectivity index (χ3v) is 0.831. The SMILES string of the molecule is CCOC(=O)C(=C=N)CO. The third kappa shape index (κ3) is 2.44. The van der Waals surface area contributed by atoms with Crippen molar-refractivity contribution in [2.24, 2.45) is 0 Å². The number of ether oxygens (including phenoxy) is 1. The lowest BCUT2D eigenvalue weighted by Gasteiger charge is -1.98. The van der Waals surface area contributed by atoms with E-state index in [9.17, 15) is 4.79 Å². The Morgan fingerprint density at radius 2 is 2.40 bits per heavy atom. The van der Waals surface area contributed by atoms with Gasteiger partial charge in [-0.1, -0.05) is 0 Å². The van der Waals surface area contributed by atoms with E-state index in [2.05, 4.69) is 4.74 Å². The molecule has 0 rings (SSSR count). The van der Waals surface area contributed by atoms with Crippen molar-refractivity contribution < 1.29 is 14.6 Å². The number of hydrogen-bond donors (Lipinski definition) is 2. The normalized spacial score (nSPS) is 8.20. The van der Waals surface area contributed by atoms with Crippen molar-refractivity contribution in [3.05, 3.63) is 5.57 Å². The molecule has 0 bridgehead atoms. The fourth-order valence-electron chi connectivity index (χ4n) is 0.373. The summed E-state index contributed by atoms with van der Waals surface area (Å²) < 4.78 is 4.47. The van der Waals surface area contributed by atoms with Gasteiger partial charge in [-0.2, -0.15) is 0 Å². The van der Waals surface area contributed by atoms with E-state index in [-0.39, 0.29) is 12.2 Å². The Balaban J connectivity index is 4.04. The van der Waals surface area contributed by atoms with Crippen LogP contribution in [0.25, 0.3) is 0 Å². The number of hydrogen-bond acceptors (Lipinski definition) is 4. The van der Waals surface area contributed by atoms with Crippen LogP contribution in [-0.2, 0) is 9.53 Å². The number of aliphatic hydroxyl groups is 1. The molecule has 4 heteroatoms. The van der Waals surface area contributed by atoms with Gasteiger partial charge >= 0.3 is 5.97 Å². The van der Waals surface area contributed by atoms with E-state index in [4.69, 9.17) is 10.5 Å². The van der Waals surface area contributed by atoms with Crippen LogP contribution < -0.4 is 0 Å². The van der Waals surface area contributed by atoms with Crippen LogP contribution in [0.5, 0.6) is 0 Å². The highest BCUT2D eigenvalue weighted by molar-refractivity contribution is 5.97. The van der Waals surface area contributed by atoms with Gasteiger partial charge in [0.25, 0.3) is 0 Å². The Labute approximate surface area is 58.6 Å². The molecule has 0 saturated carbocycles. The average Bonchev–Trinajstić information content (AvgIpc) is 1.91. The summed E-state index contributed by atoms with van der Waals surface area (Å²) in [5, 5.41) is 14.9. The zero-order valence-corrected chi connectivity index (χ0v) is 5.68. The van der Waals surface area contributed by atoms with Crippen LogP contribution in [0.1, 0.15) is 6.92 Å². The molecule has 0 aliphatic carbocycles. The molecule has 4 nitrogen and oxygen atoms in total. The monoisotopic (exact) mass is 143 g/mol. The van der Waals surface area contributed by atoms with Gasteiger partial charge < -0.3 is 9.84 Å². The van der Waals surface area contributed by atoms with E-state index < -0.39 is 12.6 Å². The zero-order chi connectivity index (χ0) is 7.98. The molecule has 0 spiro atoms. The Kier molecular flexibility index (Phi) is 4.20. The Morgan fingerprint density at radius 1 is 1.80 bits per heavy atom. The maximum absolute atomic E-state index is 10.6. The average molecular weight is 143 g/mol. The summed E-state index contributed by atoms with van der Waals surface area (Å²) in [5.41, 5.74) is -0.151. The first-order valence-corrected chi connectivity index (χ1v) is 2.82. The molecule has 0 unspecified atom stereocenters. The highest BCUT2D eigenvalue weighted by atomic mass is 16.5. The summed E-state index contributed by atoms with van der Waals surface area (Å²) in [6.07, 6.45) is 0. The molecule has 0 aromatic carbocycles. The van der Waals surface area contributed by atoms with Crippen LogP contribution in [0.2, 0.25) is 0 Å². The summed E-state index contributed by atoms with van der Waals surface area (Å²) in [6.45, 7) is 1.39. The van der Waals surface area contributed by atoms with Gasteiger partial charge in [0.1, 0.15) is 5.57 Å². The highest BCUT2D eigenvalue weighted by Crippen LogP contribution is 1.90. The maximum atomic E-state index is 10.6. The second-order valence-electron chi connectivity index (χ2n) is 1.48. The van der Waals surface area contributed by atoms with Crippen LogP contribution in [0, 0.1) is 5.41 Å². The van der Waals surface area contributed by atoms with E-state index in [1.54, 1.807) is 12.8 Å². The summed E-state index contributed by atoms with van der Waals surface area (Å²) >= 11 is 0. The molecule has 0 aliphatic rings. The Morgan fingerprint density at radius 3 is 2.70 bits per heavy atom. The summed E-state index contributed by atoms with van der Waals surface area (Å²) in [4.78, 5) is 10.6. The fraction of sp³-hybridized carbons (Fsp3) is 0.500. The van der Waals surface area contributed by atoms with Gasteiger partial charge in [-0.3, -0.25) is 5.41 Å². The first kappa shape index (κ1) is 8.88. The number of carbonyl (C=O) groups is 1. The summed E-state index contributed by atoms with van der Waals surface area (Å²) in [6, 6.07) is 0. The molecule has 0 aromatic rings. The van der Waals surface area contributed by atoms with E-state index in [0.29, 0.717) is 0 Å². The van der Waals surface area contributed by atoms with Crippen LogP contribution >= 0.6 is 0 Å². The minimum absolute atomic E-state index is 0.151. The molecule has 0 aliphatic heterocycles. The first-order valence-electron chi connectivity index (χ1n) is 2.82. The van der Waals surface area contributed by atoms with Gasteiger partial charge in [-0.05, 0) is 12.8 Å². The van der Waals surface area contributed by atoms with Gasteiger partial charge in [0.2, 0.25) is 0 Å². The van der Waals surface area contributed by atoms with Crippen molar-refractivity contribution in [2.75, 3.05) is 13.2 Å².